The number of nitrogens with one attached hydrogen (secondary N) is 2. The smallest absolute Gasteiger partial charge is 0.211 e. The van der Waals surface area contributed by atoms with E-state index >= 15 is 0 Å². The number of aryl methyl sites for hydroxylation is 2. The van der Waals surface area contributed by atoms with Crippen LogP contribution in [-0.2, 0) is 29.3 Å². The maximum absolute atomic E-state index is 11.8. The Bertz CT molecular complexity index is 962. The van der Waals surface area contributed by atoms with Crippen molar-refractivity contribution < 1.29 is 8.42 Å². The molecule has 0 radical (unpaired) electrons. The van der Waals surface area contributed by atoms with Crippen LogP contribution in [0.25, 0.3) is 0 Å². The van der Waals surface area contributed by atoms with E-state index in [1.54, 1.807) is 0 Å². The van der Waals surface area contributed by atoms with Crippen molar-refractivity contribution >= 4 is 21.6 Å². The lowest BCUT2D eigenvalue weighted by molar-refractivity contribution is 0.392. The number of sulfonamides is 1. The van der Waals surface area contributed by atoms with E-state index in [4.69, 9.17) is 11.6 Å². The first-order valence-electron chi connectivity index (χ1n) is 11.5. The predicted octanol–water partition coefficient (Wildman–Crippen LogP) is 4.85. The maximum atomic E-state index is 11.8. The maximum Gasteiger partial charge on any atom is 0.211 e. The van der Waals surface area contributed by atoms with Crippen LogP contribution in [0.5, 0.6) is 0 Å². The average Bonchev–Trinajstić information content (AvgIpc) is 2.74. The summed E-state index contributed by atoms with van der Waals surface area (Å²) in [6.07, 6.45) is 5.45. The van der Waals surface area contributed by atoms with Crippen LogP contribution >= 0.6 is 11.6 Å². The molecule has 2 aromatic carbocycles. The third kappa shape index (κ3) is 6.79. The topological polar surface area (TPSA) is 58.2 Å². The molecule has 170 valence electrons. The van der Waals surface area contributed by atoms with Crippen LogP contribution in [0.15, 0.2) is 42.5 Å². The SMILES string of the molecule is CCCS(=O)(=O)NCCCc1ccc2c(c1)C(Cc1ccccc1Cl)C(NCC)CC2. The van der Waals surface area contributed by atoms with Crippen LogP contribution in [0, 0.1) is 0 Å². The molecule has 3 rings (SSSR count). The van der Waals surface area contributed by atoms with E-state index in [2.05, 4.69) is 47.3 Å². The standard InChI is InChI=1S/C25H35ClN2O2S/c1-3-16-31(29,30)28-15-7-8-19-11-12-20-13-14-25(27-4-2)23(22(20)17-19)18-21-9-5-6-10-24(21)26/h5-6,9-12,17,23,25,27-28H,3-4,7-8,13-16,18H2,1-2H3. The molecule has 0 bridgehead atoms. The first-order chi connectivity index (χ1) is 14.9. The monoisotopic (exact) mass is 462 g/mol. The van der Waals surface area contributed by atoms with Crippen LogP contribution in [-0.4, -0.2) is 33.3 Å². The molecule has 4 nitrogen and oxygen atoms in total. The number of fused-ring (bicyclic) bond motifs is 1. The zero-order valence-electron chi connectivity index (χ0n) is 18.7. The van der Waals surface area contributed by atoms with Crippen molar-refractivity contribution in [3.63, 3.8) is 0 Å². The largest absolute Gasteiger partial charge is 0.314 e. The van der Waals surface area contributed by atoms with Crippen molar-refractivity contribution in [3.05, 3.63) is 69.7 Å². The summed E-state index contributed by atoms with van der Waals surface area (Å²) in [5, 5.41) is 4.53. The Kier molecular flexibility index (Phi) is 8.96. The zero-order chi connectivity index (χ0) is 22.3. The van der Waals surface area contributed by atoms with Gasteiger partial charge in [-0.05, 0) is 73.4 Å². The fraction of sp³-hybridized carbons (Fsp3) is 0.520. The third-order valence-corrected chi connectivity index (χ3v) is 8.08. The number of benzene rings is 2. The van der Waals surface area contributed by atoms with E-state index in [0.717, 1.165) is 43.7 Å². The number of hydrogen-bond donors (Lipinski definition) is 2. The van der Waals surface area contributed by atoms with E-state index in [1.165, 1.54) is 22.3 Å². The predicted molar refractivity (Wildman–Crippen MR) is 131 cm³/mol. The van der Waals surface area contributed by atoms with Gasteiger partial charge in [0.25, 0.3) is 0 Å². The van der Waals surface area contributed by atoms with Crippen LogP contribution < -0.4 is 10.0 Å². The van der Waals surface area contributed by atoms with Crippen molar-refractivity contribution in [3.8, 4) is 0 Å². The minimum absolute atomic E-state index is 0.196. The second-order valence-electron chi connectivity index (χ2n) is 8.45. The van der Waals surface area contributed by atoms with Crippen LogP contribution in [0.3, 0.4) is 0 Å². The van der Waals surface area contributed by atoms with E-state index in [-0.39, 0.29) is 5.75 Å². The minimum atomic E-state index is -3.13. The second-order valence-corrected chi connectivity index (χ2v) is 10.8. The lowest BCUT2D eigenvalue weighted by Crippen LogP contribution is -2.39. The van der Waals surface area contributed by atoms with E-state index in [1.807, 2.05) is 19.1 Å². The molecule has 0 fully saturated rings. The Labute approximate surface area is 192 Å². The van der Waals surface area contributed by atoms with Crippen molar-refractivity contribution in [2.24, 2.45) is 0 Å². The molecule has 1 aliphatic carbocycles. The highest BCUT2D eigenvalue weighted by Crippen LogP contribution is 2.36. The van der Waals surface area contributed by atoms with Gasteiger partial charge in [0.2, 0.25) is 10.0 Å². The number of likely N-dealkylation sites (N-methyl/N-ethyl adjacent to an activating group) is 1. The summed E-state index contributed by atoms with van der Waals surface area (Å²) < 4.78 is 26.4. The van der Waals surface area contributed by atoms with Crippen LogP contribution in [0.4, 0.5) is 0 Å². The van der Waals surface area contributed by atoms with Gasteiger partial charge in [0, 0.05) is 23.5 Å². The molecule has 0 amide bonds. The van der Waals surface area contributed by atoms with E-state index in [0.29, 0.717) is 24.9 Å². The molecule has 2 N–H and O–H groups in total. The molecular formula is C25H35ClN2O2S. The van der Waals surface area contributed by atoms with Gasteiger partial charge in [-0.2, -0.15) is 0 Å². The summed E-state index contributed by atoms with van der Waals surface area (Å²) in [4.78, 5) is 0. The highest BCUT2D eigenvalue weighted by molar-refractivity contribution is 7.89. The zero-order valence-corrected chi connectivity index (χ0v) is 20.2. The van der Waals surface area contributed by atoms with Crippen molar-refractivity contribution in [2.75, 3.05) is 18.8 Å². The molecule has 0 aliphatic heterocycles. The van der Waals surface area contributed by atoms with Gasteiger partial charge < -0.3 is 5.32 Å². The first kappa shape index (κ1) is 24.2. The quantitative estimate of drug-likeness (QED) is 0.469. The average molecular weight is 463 g/mol. The molecule has 0 heterocycles. The lowest BCUT2D eigenvalue weighted by atomic mass is 9.75. The van der Waals surface area contributed by atoms with E-state index < -0.39 is 10.0 Å². The Balaban J connectivity index is 1.74. The van der Waals surface area contributed by atoms with Gasteiger partial charge >= 0.3 is 0 Å². The Morgan fingerprint density at radius 3 is 2.68 bits per heavy atom. The molecule has 2 unspecified atom stereocenters. The van der Waals surface area contributed by atoms with Gasteiger partial charge in [-0.3, -0.25) is 0 Å². The highest BCUT2D eigenvalue weighted by atomic mass is 35.5. The molecule has 0 saturated carbocycles. The summed E-state index contributed by atoms with van der Waals surface area (Å²) in [5.74, 6) is 0.577. The van der Waals surface area contributed by atoms with Gasteiger partial charge in [-0.25, -0.2) is 13.1 Å². The summed E-state index contributed by atoms with van der Waals surface area (Å²) in [6, 6.07) is 15.4. The molecule has 0 aromatic heterocycles. The molecule has 2 aromatic rings. The van der Waals surface area contributed by atoms with Crippen molar-refractivity contribution in [1.82, 2.24) is 10.0 Å². The van der Waals surface area contributed by atoms with Gasteiger partial charge in [0.15, 0.2) is 0 Å². The summed E-state index contributed by atoms with van der Waals surface area (Å²) >= 11 is 6.49. The first-order valence-corrected chi connectivity index (χ1v) is 13.5. The number of hydrogen-bond acceptors (Lipinski definition) is 3. The molecule has 6 heteroatoms. The Morgan fingerprint density at radius 2 is 1.94 bits per heavy atom. The fourth-order valence-electron chi connectivity index (χ4n) is 4.62. The van der Waals surface area contributed by atoms with Crippen molar-refractivity contribution in [2.45, 2.75) is 64.3 Å². The third-order valence-electron chi connectivity index (χ3n) is 6.12. The molecule has 1 aliphatic rings. The Morgan fingerprint density at radius 1 is 1.13 bits per heavy atom. The summed E-state index contributed by atoms with van der Waals surface area (Å²) in [6.45, 7) is 5.49. The van der Waals surface area contributed by atoms with Gasteiger partial charge in [0.05, 0.1) is 5.75 Å². The Hall–Kier alpha value is -1.40. The normalized spacial score (nSPS) is 18.7. The van der Waals surface area contributed by atoms with Gasteiger partial charge in [-0.1, -0.05) is 61.8 Å². The minimum Gasteiger partial charge on any atom is -0.314 e. The lowest BCUT2D eigenvalue weighted by Gasteiger charge is -2.35. The van der Waals surface area contributed by atoms with Crippen LogP contribution in [0.1, 0.15) is 61.3 Å². The number of rotatable bonds is 11. The summed E-state index contributed by atoms with van der Waals surface area (Å²) in [5.41, 5.74) is 5.31. The molecule has 0 spiro atoms. The molecule has 2 atom stereocenters. The van der Waals surface area contributed by atoms with Gasteiger partial charge in [-0.15, -0.1) is 0 Å². The van der Waals surface area contributed by atoms with Gasteiger partial charge in [0.1, 0.15) is 0 Å². The van der Waals surface area contributed by atoms with Crippen molar-refractivity contribution in [1.29, 1.82) is 0 Å². The second kappa shape index (κ2) is 11.5. The van der Waals surface area contributed by atoms with Crippen LogP contribution in [0.2, 0.25) is 5.02 Å². The molecular weight excluding hydrogens is 428 g/mol. The molecule has 0 saturated heterocycles. The molecule has 31 heavy (non-hydrogen) atoms. The fourth-order valence-corrected chi connectivity index (χ4v) is 5.97. The highest BCUT2D eigenvalue weighted by Gasteiger charge is 2.29. The van der Waals surface area contributed by atoms with E-state index in [9.17, 15) is 8.42 Å². The summed E-state index contributed by atoms with van der Waals surface area (Å²) in [7, 11) is -3.13. The number of halogens is 1.